The topological polar surface area (TPSA) is 108 Å². The smallest absolute Gasteiger partial charge is 0.278 e. The Kier molecular flexibility index (Phi) is 4.33. The summed E-state index contributed by atoms with van der Waals surface area (Å²) >= 11 is 0. The molecule has 0 radical (unpaired) electrons. The highest BCUT2D eigenvalue weighted by molar-refractivity contribution is 5.85. The number of benzene rings is 1. The van der Waals surface area contributed by atoms with Crippen molar-refractivity contribution < 1.29 is 19.5 Å². The van der Waals surface area contributed by atoms with Crippen molar-refractivity contribution in [1.82, 2.24) is 0 Å². The second kappa shape index (κ2) is 5.38. The van der Waals surface area contributed by atoms with Crippen molar-refractivity contribution in [3.05, 3.63) is 27.8 Å². The van der Waals surface area contributed by atoms with Crippen molar-refractivity contribution in [3.63, 3.8) is 0 Å². The van der Waals surface area contributed by atoms with Crippen LogP contribution < -0.4 is 15.2 Å². The highest BCUT2D eigenvalue weighted by Crippen LogP contribution is 2.40. The van der Waals surface area contributed by atoms with Crippen molar-refractivity contribution >= 4 is 18.1 Å². The summed E-state index contributed by atoms with van der Waals surface area (Å²) in [5, 5.41) is 20.3. The van der Waals surface area contributed by atoms with Crippen LogP contribution in [0.2, 0.25) is 0 Å². The fourth-order valence-corrected chi connectivity index (χ4v) is 1.63. The van der Waals surface area contributed by atoms with E-state index in [1.165, 1.54) is 19.1 Å². The number of aliphatic hydroxyl groups excluding tert-OH is 1. The Labute approximate surface area is 109 Å². The van der Waals surface area contributed by atoms with E-state index in [9.17, 15) is 15.2 Å². The molecule has 0 amide bonds. The first kappa shape index (κ1) is 14.5. The molecule has 1 aromatic carbocycles. The predicted octanol–water partition coefficient (Wildman–Crippen LogP) is 1.13. The third-order valence-corrected chi connectivity index (χ3v) is 2.60. The van der Waals surface area contributed by atoms with Crippen molar-refractivity contribution in [2.24, 2.45) is 5.73 Å². The van der Waals surface area contributed by atoms with Gasteiger partial charge in [-0.1, -0.05) is 0 Å². The van der Waals surface area contributed by atoms with Gasteiger partial charge in [-0.25, -0.2) is 0 Å². The van der Waals surface area contributed by atoms with Crippen LogP contribution in [-0.4, -0.2) is 22.9 Å². The van der Waals surface area contributed by atoms with Crippen LogP contribution in [0.4, 0.5) is 5.69 Å². The normalized spacial score (nSPS) is 15.7. The zero-order chi connectivity index (χ0) is 12.6. The molecule has 7 nitrogen and oxygen atoms in total. The van der Waals surface area contributed by atoms with Gasteiger partial charge in [-0.15, -0.1) is 12.4 Å². The number of rotatable bonds is 3. The molecule has 0 unspecified atom stereocenters. The number of nitro benzene ring substituents is 1. The first-order valence-electron chi connectivity index (χ1n) is 5.02. The molecule has 0 aromatic heterocycles. The zero-order valence-corrected chi connectivity index (χ0v) is 10.3. The molecule has 1 aliphatic rings. The Bertz CT molecular complexity index is 466. The lowest BCUT2D eigenvalue weighted by Gasteiger charge is -2.15. The Morgan fingerprint density at radius 3 is 2.50 bits per heavy atom. The van der Waals surface area contributed by atoms with Crippen LogP contribution in [0.1, 0.15) is 18.5 Å². The monoisotopic (exact) mass is 276 g/mol. The highest BCUT2D eigenvalue weighted by atomic mass is 35.5. The maximum Gasteiger partial charge on any atom is 0.278 e. The molecule has 0 saturated carbocycles. The van der Waals surface area contributed by atoms with E-state index in [0.717, 1.165) is 0 Å². The van der Waals surface area contributed by atoms with E-state index >= 15 is 0 Å². The average Bonchev–Trinajstić information content (AvgIpc) is 2.72. The summed E-state index contributed by atoms with van der Waals surface area (Å²) in [6.07, 6.45) is -0.894. The maximum absolute atomic E-state index is 10.9. The van der Waals surface area contributed by atoms with E-state index < -0.39 is 17.1 Å². The van der Waals surface area contributed by atoms with Crippen LogP contribution in [-0.2, 0) is 0 Å². The number of hydrogen-bond donors (Lipinski definition) is 2. The molecule has 1 aliphatic heterocycles. The lowest BCUT2D eigenvalue weighted by atomic mass is 10.0. The zero-order valence-electron chi connectivity index (χ0n) is 9.53. The van der Waals surface area contributed by atoms with Crippen LogP contribution >= 0.6 is 12.4 Å². The summed E-state index contributed by atoms with van der Waals surface area (Å²) in [5.41, 5.74) is 5.77. The molecule has 0 fully saturated rings. The van der Waals surface area contributed by atoms with E-state index in [0.29, 0.717) is 11.5 Å². The van der Waals surface area contributed by atoms with Gasteiger partial charge in [-0.05, 0) is 13.0 Å². The first-order chi connectivity index (χ1) is 8.00. The standard InChI is InChI=1S/C10H12N2O5.ClH/c1-5(13)10(11)6-2-8-9(17-4-16-8)3-7(6)12(14)15;/h2-3,5,10,13H,4,11H2,1H3;1H/t5-,10-;/m1./s1. The van der Waals surface area contributed by atoms with Gasteiger partial charge in [0.1, 0.15) is 0 Å². The second-order valence-corrected chi connectivity index (χ2v) is 3.79. The summed E-state index contributed by atoms with van der Waals surface area (Å²) < 4.78 is 10.2. The molecule has 18 heavy (non-hydrogen) atoms. The molecule has 1 heterocycles. The molecular weight excluding hydrogens is 264 g/mol. The first-order valence-corrected chi connectivity index (χ1v) is 5.02. The summed E-state index contributed by atoms with van der Waals surface area (Å²) in [5.74, 6) is 0.722. The number of nitro groups is 1. The molecule has 1 aromatic rings. The molecule has 8 heteroatoms. The van der Waals surface area contributed by atoms with Gasteiger partial charge in [-0.2, -0.15) is 0 Å². The number of halogens is 1. The van der Waals surface area contributed by atoms with E-state index in [1.54, 1.807) is 0 Å². The molecule has 0 saturated heterocycles. The minimum atomic E-state index is -0.894. The summed E-state index contributed by atoms with van der Waals surface area (Å²) in [6.45, 7) is 1.50. The Morgan fingerprint density at radius 1 is 1.44 bits per heavy atom. The summed E-state index contributed by atoms with van der Waals surface area (Å²) in [6, 6.07) is 1.86. The van der Waals surface area contributed by atoms with Crippen LogP contribution in [0.15, 0.2) is 12.1 Å². The van der Waals surface area contributed by atoms with Crippen LogP contribution in [0.25, 0.3) is 0 Å². The fourth-order valence-electron chi connectivity index (χ4n) is 1.63. The van der Waals surface area contributed by atoms with Crippen LogP contribution in [0, 0.1) is 10.1 Å². The van der Waals surface area contributed by atoms with Gasteiger partial charge in [0, 0.05) is 0 Å². The quantitative estimate of drug-likeness (QED) is 0.633. The number of ether oxygens (including phenoxy) is 2. The number of fused-ring (bicyclic) bond motifs is 1. The number of aliphatic hydroxyl groups is 1. The lowest BCUT2D eigenvalue weighted by Crippen LogP contribution is -2.24. The van der Waals surface area contributed by atoms with E-state index in [1.807, 2.05) is 0 Å². The van der Waals surface area contributed by atoms with E-state index in [4.69, 9.17) is 15.2 Å². The number of nitrogens with zero attached hydrogens (tertiary/aromatic N) is 1. The molecule has 2 rings (SSSR count). The van der Waals surface area contributed by atoms with Gasteiger partial charge in [0.25, 0.3) is 5.69 Å². The average molecular weight is 277 g/mol. The molecule has 0 bridgehead atoms. The van der Waals surface area contributed by atoms with Crippen LogP contribution in [0.3, 0.4) is 0 Å². The van der Waals surface area contributed by atoms with Gasteiger partial charge in [0.15, 0.2) is 11.5 Å². The molecular formula is C10H13ClN2O5. The van der Waals surface area contributed by atoms with Gasteiger partial charge >= 0.3 is 0 Å². The molecule has 3 N–H and O–H groups in total. The number of hydrogen-bond acceptors (Lipinski definition) is 6. The van der Waals surface area contributed by atoms with Gasteiger partial charge in [-0.3, -0.25) is 10.1 Å². The third-order valence-electron chi connectivity index (χ3n) is 2.60. The van der Waals surface area contributed by atoms with Crippen molar-refractivity contribution in [2.75, 3.05) is 6.79 Å². The SMILES string of the molecule is C[C@@H](O)[C@@H](N)c1cc2c(cc1[N+](=O)[O-])OCO2.Cl. The third kappa shape index (κ3) is 2.47. The highest BCUT2D eigenvalue weighted by Gasteiger charge is 2.28. The largest absolute Gasteiger partial charge is 0.454 e. The lowest BCUT2D eigenvalue weighted by molar-refractivity contribution is -0.385. The summed E-state index contributed by atoms with van der Waals surface area (Å²) in [7, 11) is 0. The Hall–Kier alpha value is -1.57. The second-order valence-electron chi connectivity index (χ2n) is 3.79. The molecule has 100 valence electrons. The Morgan fingerprint density at radius 2 is 2.00 bits per heavy atom. The number of nitrogens with two attached hydrogens (primary N) is 1. The summed E-state index contributed by atoms with van der Waals surface area (Å²) in [4.78, 5) is 10.4. The fraction of sp³-hybridized carbons (Fsp3) is 0.400. The van der Waals surface area contributed by atoms with Crippen molar-refractivity contribution in [1.29, 1.82) is 0 Å². The Balaban J connectivity index is 0.00000162. The molecule has 2 atom stereocenters. The van der Waals surface area contributed by atoms with E-state index in [2.05, 4.69) is 0 Å². The van der Waals surface area contributed by atoms with Crippen molar-refractivity contribution in [2.45, 2.75) is 19.1 Å². The predicted molar refractivity (Wildman–Crippen MR) is 65.1 cm³/mol. The molecule has 0 aliphatic carbocycles. The maximum atomic E-state index is 10.9. The van der Waals surface area contributed by atoms with Gasteiger partial charge < -0.3 is 20.3 Å². The van der Waals surface area contributed by atoms with Gasteiger partial charge in [0.05, 0.1) is 28.7 Å². The van der Waals surface area contributed by atoms with E-state index in [-0.39, 0.29) is 30.5 Å². The molecule has 0 spiro atoms. The van der Waals surface area contributed by atoms with Crippen LogP contribution in [0.5, 0.6) is 11.5 Å². The minimum absolute atomic E-state index is 0. The van der Waals surface area contributed by atoms with Gasteiger partial charge in [0.2, 0.25) is 6.79 Å². The minimum Gasteiger partial charge on any atom is -0.454 e. The van der Waals surface area contributed by atoms with Crippen molar-refractivity contribution in [3.8, 4) is 11.5 Å².